The van der Waals surface area contributed by atoms with Gasteiger partial charge in [0.15, 0.2) is 0 Å². The zero-order valence-corrected chi connectivity index (χ0v) is 16.2. The summed E-state index contributed by atoms with van der Waals surface area (Å²) in [6, 6.07) is 11.2. The minimum Gasteiger partial charge on any atom is -0.324 e. The maximum Gasteiger partial charge on any atom is 0.239 e. The van der Waals surface area contributed by atoms with Crippen molar-refractivity contribution < 1.29 is 13.2 Å². The molecule has 0 bridgehead atoms. The van der Waals surface area contributed by atoms with Crippen molar-refractivity contribution >= 4 is 21.6 Å². The number of nitrogens with one attached hydrogen (secondary N) is 1. The number of amides is 1. The monoisotopic (exact) mass is 375 g/mol. The molecule has 0 aliphatic heterocycles. The number of rotatable bonds is 8. The Labute approximate surface area is 155 Å². The number of benzene rings is 1. The van der Waals surface area contributed by atoms with Gasteiger partial charge in [-0.25, -0.2) is 8.42 Å². The van der Waals surface area contributed by atoms with Crippen LogP contribution in [0.25, 0.3) is 0 Å². The lowest BCUT2D eigenvalue weighted by Gasteiger charge is -2.20. The quantitative estimate of drug-likeness (QED) is 0.769. The first-order chi connectivity index (χ1) is 12.3. The highest BCUT2D eigenvalue weighted by atomic mass is 32.2. The summed E-state index contributed by atoms with van der Waals surface area (Å²) in [5, 5.41) is 2.90. The molecule has 0 saturated heterocycles. The Hall–Kier alpha value is -2.25. The molecule has 7 heteroatoms. The molecule has 2 rings (SSSR count). The molecule has 0 spiro atoms. The van der Waals surface area contributed by atoms with E-state index in [9.17, 15) is 13.2 Å². The van der Waals surface area contributed by atoms with E-state index >= 15 is 0 Å². The van der Waals surface area contributed by atoms with Gasteiger partial charge in [0.05, 0.1) is 25.0 Å². The first-order valence-corrected chi connectivity index (χ1v) is 10.5. The molecule has 0 fully saturated rings. The van der Waals surface area contributed by atoms with Crippen molar-refractivity contribution in [2.24, 2.45) is 0 Å². The summed E-state index contributed by atoms with van der Waals surface area (Å²) in [6.45, 7) is 3.85. The third kappa shape index (κ3) is 5.37. The number of nitrogens with zero attached hydrogens (tertiary/aromatic N) is 2. The lowest BCUT2D eigenvalue weighted by atomic mass is 10.0. The van der Waals surface area contributed by atoms with Crippen molar-refractivity contribution in [2.75, 3.05) is 18.1 Å². The summed E-state index contributed by atoms with van der Waals surface area (Å²) in [5.41, 5.74) is 3.45. The summed E-state index contributed by atoms with van der Waals surface area (Å²) < 4.78 is 25.3. The highest BCUT2D eigenvalue weighted by molar-refractivity contribution is 7.88. The maximum absolute atomic E-state index is 12.6. The van der Waals surface area contributed by atoms with Crippen LogP contribution in [0.5, 0.6) is 0 Å². The van der Waals surface area contributed by atoms with Crippen LogP contribution < -0.4 is 5.32 Å². The largest absolute Gasteiger partial charge is 0.324 e. The van der Waals surface area contributed by atoms with Gasteiger partial charge in [0, 0.05) is 11.9 Å². The van der Waals surface area contributed by atoms with Gasteiger partial charge in [-0.2, -0.15) is 4.31 Å². The van der Waals surface area contributed by atoms with Crippen molar-refractivity contribution in [2.45, 2.75) is 33.2 Å². The lowest BCUT2D eigenvalue weighted by molar-refractivity contribution is -0.116. The van der Waals surface area contributed by atoms with Crippen LogP contribution in [-0.4, -0.2) is 36.4 Å². The number of aryl methyl sites for hydroxylation is 2. The third-order valence-corrected chi connectivity index (χ3v) is 5.31. The van der Waals surface area contributed by atoms with E-state index in [0.717, 1.165) is 40.2 Å². The zero-order chi connectivity index (χ0) is 19.2. The Kier molecular flexibility index (Phi) is 6.88. The Morgan fingerprint density at radius 2 is 1.73 bits per heavy atom. The molecule has 0 radical (unpaired) electrons. The number of hydrogen-bond acceptors (Lipinski definition) is 4. The fourth-order valence-corrected chi connectivity index (χ4v) is 3.42. The zero-order valence-electron chi connectivity index (χ0n) is 15.4. The predicted molar refractivity (Wildman–Crippen MR) is 103 cm³/mol. The summed E-state index contributed by atoms with van der Waals surface area (Å²) in [4.78, 5) is 16.7. The molecule has 0 atom stereocenters. The first kappa shape index (κ1) is 20.1. The smallest absolute Gasteiger partial charge is 0.239 e. The molecule has 1 heterocycles. The first-order valence-electron chi connectivity index (χ1n) is 8.60. The molecule has 1 aromatic carbocycles. The average molecular weight is 375 g/mol. The Balaban J connectivity index is 2.18. The molecular weight excluding hydrogens is 350 g/mol. The van der Waals surface area contributed by atoms with Gasteiger partial charge in [0.1, 0.15) is 0 Å². The molecule has 1 aromatic heterocycles. The van der Waals surface area contributed by atoms with Crippen LogP contribution in [0.2, 0.25) is 0 Å². The van der Waals surface area contributed by atoms with Crippen molar-refractivity contribution in [3.05, 3.63) is 59.4 Å². The van der Waals surface area contributed by atoms with Gasteiger partial charge in [-0.15, -0.1) is 0 Å². The summed E-state index contributed by atoms with van der Waals surface area (Å²) >= 11 is 0. The fraction of sp³-hybridized carbons (Fsp3) is 0.368. The fourth-order valence-electron chi connectivity index (χ4n) is 2.70. The normalized spacial score (nSPS) is 11.5. The minimum absolute atomic E-state index is 0.0587. The van der Waals surface area contributed by atoms with Gasteiger partial charge in [-0.1, -0.05) is 38.1 Å². The average Bonchev–Trinajstić information content (AvgIpc) is 2.61. The van der Waals surface area contributed by atoms with E-state index in [1.54, 1.807) is 24.4 Å². The number of anilines is 1. The van der Waals surface area contributed by atoms with Gasteiger partial charge in [-0.05, 0) is 36.1 Å². The number of aromatic nitrogens is 1. The molecular formula is C19H25N3O3S. The molecule has 0 aliphatic carbocycles. The standard InChI is InChI=1S/C19H25N3O3S/c1-4-15-9-8-10-16(5-2)19(15)21-18(23)14-22(26(3,24)25)13-17-11-6-7-12-20-17/h6-12H,4-5,13-14H2,1-3H3,(H,21,23). The minimum atomic E-state index is -3.55. The molecule has 0 aliphatic rings. The van der Waals surface area contributed by atoms with Crippen molar-refractivity contribution in [3.8, 4) is 0 Å². The number of carbonyl (C=O) groups is 1. The molecule has 2 aromatic rings. The van der Waals surface area contributed by atoms with Crippen LogP contribution >= 0.6 is 0 Å². The number of sulfonamides is 1. The van der Waals surface area contributed by atoms with Crippen LogP contribution in [0.15, 0.2) is 42.6 Å². The van der Waals surface area contributed by atoms with Crippen molar-refractivity contribution in [3.63, 3.8) is 0 Å². The second-order valence-electron chi connectivity index (χ2n) is 6.06. The molecule has 1 amide bonds. The molecule has 26 heavy (non-hydrogen) atoms. The maximum atomic E-state index is 12.6. The third-order valence-electron chi connectivity index (χ3n) is 4.12. The summed E-state index contributed by atoms with van der Waals surface area (Å²) in [5.74, 6) is -0.359. The van der Waals surface area contributed by atoms with E-state index in [-0.39, 0.29) is 19.0 Å². The van der Waals surface area contributed by atoms with E-state index in [1.165, 1.54) is 0 Å². The number of carbonyl (C=O) groups excluding carboxylic acids is 1. The van der Waals surface area contributed by atoms with Crippen molar-refractivity contribution in [1.82, 2.24) is 9.29 Å². The molecule has 0 unspecified atom stereocenters. The molecule has 6 nitrogen and oxygen atoms in total. The van der Waals surface area contributed by atoms with E-state index in [4.69, 9.17) is 0 Å². The second kappa shape index (κ2) is 8.91. The van der Waals surface area contributed by atoms with Crippen LogP contribution in [0.1, 0.15) is 30.7 Å². The molecule has 140 valence electrons. The molecule has 0 saturated carbocycles. The predicted octanol–water partition coefficient (Wildman–Crippen LogP) is 2.61. The SMILES string of the molecule is CCc1cccc(CC)c1NC(=O)CN(Cc1ccccn1)S(C)(=O)=O. The van der Waals surface area contributed by atoms with E-state index in [2.05, 4.69) is 10.3 Å². The Bertz CT molecular complexity index is 829. The number of pyridine rings is 1. The van der Waals surface area contributed by atoms with Crippen LogP contribution in [0.3, 0.4) is 0 Å². The van der Waals surface area contributed by atoms with Crippen LogP contribution in [0, 0.1) is 0 Å². The van der Waals surface area contributed by atoms with E-state index in [0.29, 0.717) is 5.69 Å². The van der Waals surface area contributed by atoms with Gasteiger partial charge >= 0.3 is 0 Å². The van der Waals surface area contributed by atoms with Crippen LogP contribution in [0.4, 0.5) is 5.69 Å². The number of hydrogen-bond donors (Lipinski definition) is 1. The number of para-hydroxylation sites is 1. The van der Waals surface area contributed by atoms with E-state index in [1.807, 2.05) is 32.0 Å². The molecule has 1 N–H and O–H groups in total. The van der Waals surface area contributed by atoms with Crippen LogP contribution in [-0.2, 0) is 34.2 Å². The Morgan fingerprint density at radius 3 is 2.23 bits per heavy atom. The highest BCUT2D eigenvalue weighted by Crippen LogP contribution is 2.22. The highest BCUT2D eigenvalue weighted by Gasteiger charge is 2.22. The van der Waals surface area contributed by atoms with Gasteiger partial charge < -0.3 is 5.32 Å². The Morgan fingerprint density at radius 1 is 1.08 bits per heavy atom. The van der Waals surface area contributed by atoms with Crippen molar-refractivity contribution in [1.29, 1.82) is 0 Å². The van der Waals surface area contributed by atoms with Gasteiger partial charge in [0.25, 0.3) is 0 Å². The summed E-state index contributed by atoms with van der Waals surface area (Å²) in [6.07, 6.45) is 4.27. The summed E-state index contributed by atoms with van der Waals surface area (Å²) in [7, 11) is -3.55. The van der Waals surface area contributed by atoms with Gasteiger partial charge in [0.2, 0.25) is 15.9 Å². The lowest BCUT2D eigenvalue weighted by Crippen LogP contribution is -2.37. The van der Waals surface area contributed by atoms with E-state index < -0.39 is 10.0 Å². The topological polar surface area (TPSA) is 79.4 Å². The van der Waals surface area contributed by atoms with Gasteiger partial charge in [-0.3, -0.25) is 9.78 Å². The second-order valence-corrected chi connectivity index (χ2v) is 8.04.